The number of nitrogens with two attached hydrogens (primary N) is 1. The highest BCUT2D eigenvalue weighted by molar-refractivity contribution is 5.94. The van der Waals surface area contributed by atoms with Gasteiger partial charge in [0.25, 0.3) is 5.91 Å². The van der Waals surface area contributed by atoms with Crippen LogP contribution in [-0.4, -0.2) is 47.6 Å². The van der Waals surface area contributed by atoms with Crippen molar-refractivity contribution in [3.63, 3.8) is 0 Å². The van der Waals surface area contributed by atoms with Crippen LogP contribution in [0, 0.1) is 0 Å². The molecule has 0 aliphatic carbocycles. The summed E-state index contributed by atoms with van der Waals surface area (Å²) in [6, 6.07) is 16.9. The number of carbonyl (C=O) groups excluding carboxylic acids is 1. The topological polar surface area (TPSA) is 90.6 Å². The summed E-state index contributed by atoms with van der Waals surface area (Å²) in [4.78, 5) is 23.3. The highest BCUT2D eigenvalue weighted by Crippen LogP contribution is 2.26. The first-order chi connectivity index (χ1) is 14.1. The van der Waals surface area contributed by atoms with Crippen LogP contribution in [0.1, 0.15) is 22.2 Å². The lowest BCUT2D eigenvalue weighted by Gasteiger charge is -2.32. The van der Waals surface area contributed by atoms with Crippen molar-refractivity contribution in [3.8, 4) is 17.0 Å². The molecule has 2 N–H and O–H groups in total. The summed E-state index contributed by atoms with van der Waals surface area (Å²) in [5.41, 5.74) is 8.76. The minimum atomic E-state index is -0.285. The van der Waals surface area contributed by atoms with Gasteiger partial charge < -0.3 is 20.1 Å². The smallest absolute Gasteiger partial charge is 0.255 e. The monoisotopic (exact) mass is 390 g/mol. The van der Waals surface area contributed by atoms with Gasteiger partial charge in [0, 0.05) is 18.3 Å². The fraction of sp³-hybridized carbons (Fsp3) is 0.227. The van der Waals surface area contributed by atoms with Crippen molar-refractivity contribution in [3.05, 3.63) is 72.1 Å². The van der Waals surface area contributed by atoms with E-state index in [0.29, 0.717) is 31.1 Å². The number of ether oxygens (including phenoxy) is 2. The van der Waals surface area contributed by atoms with E-state index >= 15 is 0 Å². The molecule has 0 radical (unpaired) electrons. The number of pyridine rings is 2. The van der Waals surface area contributed by atoms with Crippen LogP contribution in [0.4, 0.5) is 5.82 Å². The molecule has 1 saturated heterocycles. The average molecular weight is 390 g/mol. The first-order valence-corrected chi connectivity index (χ1v) is 9.38. The SMILES string of the molecule is COc1ccc(-c2cccc(C3CN(C(=O)c4ccc(N)nc4)CCO3)n2)cc1. The number of nitrogens with zero attached hydrogens (tertiary/aromatic N) is 3. The molecule has 29 heavy (non-hydrogen) atoms. The molecule has 1 fully saturated rings. The number of nitrogen functional groups attached to an aromatic ring is 1. The number of rotatable bonds is 4. The van der Waals surface area contributed by atoms with Crippen molar-refractivity contribution in [2.75, 3.05) is 32.5 Å². The summed E-state index contributed by atoms with van der Waals surface area (Å²) in [6.07, 6.45) is 1.22. The van der Waals surface area contributed by atoms with E-state index in [2.05, 4.69) is 4.98 Å². The predicted molar refractivity (Wildman–Crippen MR) is 109 cm³/mol. The van der Waals surface area contributed by atoms with Crippen molar-refractivity contribution >= 4 is 11.7 Å². The van der Waals surface area contributed by atoms with Gasteiger partial charge in [-0.15, -0.1) is 0 Å². The van der Waals surface area contributed by atoms with Gasteiger partial charge in [-0.25, -0.2) is 9.97 Å². The molecule has 0 spiro atoms. The Labute approximate surface area is 169 Å². The molecule has 1 amide bonds. The van der Waals surface area contributed by atoms with E-state index in [4.69, 9.17) is 20.2 Å². The van der Waals surface area contributed by atoms with Gasteiger partial charge in [0.2, 0.25) is 0 Å². The van der Waals surface area contributed by atoms with Gasteiger partial charge in [-0.05, 0) is 48.5 Å². The summed E-state index contributed by atoms with van der Waals surface area (Å²) >= 11 is 0. The van der Waals surface area contributed by atoms with Crippen LogP contribution >= 0.6 is 0 Å². The van der Waals surface area contributed by atoms with Gasteiger partial charge in [-0.2, -0.15) is 0 Å². The molecule has 1 atom stereocenters. The zero-order chi connectivity index (χ0) is 20.2. The molecule has 7 heteroatoms. The summed E-state index contributed by atoms with van der Waals surface area (Å²) in [7, 11) is 1.64. The van der Waals surface area contributed by atoms with Gasteiger partial charge in [-0.3, -0.25) is 4.79 Å². The highest BCUT2D eigenvalue weighted by atomic mass is 16.5. The van der Waals surface area contributed by atoms with Crippen molar-refractivity contribution in [2.45, 2.75) is 6.10 Å². The molecular formula is C22H22N4O3. The summed E-state index contributed by atoms with van der Waals surface area (Å²) in [6.45, 7) is 1.41. The van der Waals surface area contributed by atoms with Crippen molar-refractivity contribution < 1.29 is 14.3 Å². The number of anilines is 1. The number of methoxy groups -OCH3 is 1. The standard InChI is InChI=1S/C22H22N4O3/c1-28-17-8-5-15(6-9-17)18-3-2-4-19(25-18)20-14-26(11-12-29-20)22(27)16-7-10-21(23)24-13-16/h2-10,13,20H,11-12,14H2,1H3,(H2,23,24). The van der Waals surface area contributed by atoms with Gasteiger partial charge in [0.05, 0.1) is 37.2 Å². The van der Waals surface area contributed by atoms with Crippen LogP contribution in [0.15, 0.2) is 60.8 Å². The minimum absolute atomic E-state index is 0.0860. The second-order valence-corrected chi connectivity index (χ2v) is 6.76. The van der Waals surface area contributed by atoms with E-state index in [1.165, 1.54) is 6.20 Å². The van der Waals surface area contributed by atoms with E-state index in [1.54, 1.807) is 24.1 Å². The molecule has 3 heterocycles. The van der Waals surface area contributed by atoms with Gasteiger partial charge >= 0.3 is 0 Å². The third kappa shape index (κ3) is 4.20. The molecule has 7 nitrogen and oxygen atoms in total. The van der Waals surface area contributed by atoms with Crippen LogP contribution in [0.5, 0.6) is 5.75 Å². The Morgan fingerprint density at radius 1 is 1.17 bits per heavy atom. The van der Waals surface area contributed by atoms with Crippen molar-refractivity contribution in [1.82, 2.24) is 14.9 Å². The van der Waals surface area contributed by atoms with Crippen molar-refractivity contribution in [1.29, 1.82) is 0 Å². The molecule has 1 unspecified atom stereocenters. The Morgan fingerprint density at radius 2 is 2.00 bits per heavy atom. The summed E-state index contributed by atoms with van der Waals surface area (Å²) < 4.78 is 11.1. The second-order valence-electron chi connectivity index (χ2n) is 6.76. The third-order valence-electron chi connectivity index (χ3n) is 4.87. The van der Waals surface area contributed by atoms with Gasteiger partial charge in [-0.1, -0.05) is 6.07 Å². The molecular weight excluding hydrogens is 368 g/mol. The molecule has 1 aromatic carbocycles. The average Bonchev–Trinajstić information content (AvgIpc) is 2.79. The molecule has 0 saturated carbocycles. The number of morpholine rings is 1. The van der Waals surface area contributed by atoms with Gasteiger partial charge in [0.15, 0.2) is 0 Å². The first-order valence-electron chi connectivity index (χ1n) is 9.38. The maximum Gasteiger partial charge on any atom is 0.255 e. The molecule has 1 aliphatic heterocycles. The van der Waals surface area contributed by atoms with Crippen LogP contribution in [0.3, 0.4) is 0 Å². The highest BCUT2D eigenvalue weighted by Gasteiger charge is 2.27. The van der Waals surface area contributed by atoms with Crippen LogP contribution < -0.4 is 10.5 Å². The number of benzene rings is 1. The van der Waals surface area contributed by atoms with Crippen LogP contribution in [-0.2, 0) is 4.74 Å². The normalized spacial score (nSPS) is 16.4. The van der Waals surface area contributed by atoms with E-state index in [0.717, 1.165) is 22.7 Å². The minimum Gasteiger partial charge on any atom is -0.497 e. The van der Waals surface area contributed by atoms with Crippen LogP contribution in [0.25, 0.3) is 11.3 Å². The van der Waals surface area contributed by atoms with E-state index in [9.17, 15) is 4.79 Å². The lowest BCUT2D eigenvalue weighted by molar-refractivity contribution is -0.0246. The Kier molecular flexibility index (Phi) is 5.39. The zero-order valence-electron chi connectivity index (χ0n) is 16.1. The number of hydrogen-bond donors (Lipinski definition) is 1. The Bertz CT molecular complexity index is 990. The zero-order valence-corrected chi connectivity index (χ0v) is 16.1. The van der Waals surface area contributed by atoms with Crippen molar-refractivity contribution in [2.24, 2.45) is 0 Å². The van der Waals surface area contributed by atoms with E-state index < -0.39 is 0 Å². The van der Waals surface area contributed by atoms with E-state index in [-0.39, 0.29) is 12.0 Å². The Morgan fingerprint density at radius 3 is 2.72 bits per heavy atom. The molecule has 0 bridgehead atoms. The fourth-order valence-electron chi connectivity index (χ4n) is 3.28. The summed E-state index contributed by atoms with van der Waals surface area (Å²) in [5, 5.41) is 0. The molecule has 4 rings (SSSR count). The molecule has 1 aliphatic rings. The maximum atomic E-state index is 12.8. The Balaban J connectivity index is 1.52. The van der Waals surface area contributed by atoms with Gasteiger partial charge in [0.1, 0.15) is 17.7 Å². The lowest BCUT2D eigenvalue weighted by atomic mass is 10.1. The molecule has 3 aromatic rings. The quantitative estimate of drug-likeness (QED) is 0.737. The fourth-order valence-corrected chi connectivity index (χ4v) is 3.28. The number of carbonyl (C=O) groups is 1. The largest absolute Gasteiger partial charge is 0.497 e. The summed E-state index contributed by atoms with van der Waals surface area (Å²) in [5.74, 6) is 1.10. The lowest BCUT2D eigenvalue weighted by Crippen LogP contribution is -2.42. The van der Waals surface area contributed by atoms with E-state index in [1.807, 2.05) is 42.5 Å². The number of amides is 1. The number of hydrogen-bond acceptors (Lipinski definition) is 6. The third-order valence-corrected chi connectivity index (χ3v) is 4.87. The Hall–Kier alpha value is -3.45. The first kappa shape index (κ1) is 18.9. The number of aromatic nitrogens is 2. The molecule has 2 aromatic heterocycles. The molecule has 148 valence electrons. The predicted octanol–water partition coefficient (Wildman–Crippen LogP) is 2.95. The maximum absolute atomic E-state index is 12.8. The second kappa shape index (κ2) is 8.28. The van der Waals surface area contributed by atoms with Crippen LogP contribution in [0.2, 0.25) is 0 Å².